The van der Waals surface area contributed by atoms with Crippen LogP contribution in [0, 0.1) is 12.7 Å². The summed E-state index contributed by atoms with van der Waals surface area (Å²) in [6.45, 7) is 7.66. The number of likely N-dealkylation sites (tertiary alicyclic amines) is 1. The fraction of sp³-hybridized carbons (Fsp3) is 0.600. The highest BCUT2D eigenvalue weighted by molar-refractivity contribution is 9.10. The molecule has 19 heavy (non-hydrogen) atoms. The fourth-order valence-corrected chi connectivity index (χ4v) is 3.10. The molecule has 0 aliphatic carbocycles. The first kappa shape index (κ1) is 14.8. The van der Waals surface area contributed by atoms with Gasteiger partial charge in [0.15, 0.2) is 0 Å². The van der Waals surface area contributed by atoms with E-state index in [1.807, 2.05) is 13.0 Å². The first-order chi connectivity index (χ1) is 9.10. The van der Waals surface area contributed by atoms with Crippen LogP contribution in [0.4, 0.5) is 10.1 Å². The predicted octanol–water partition coefficient (Wildman–Crippen LogP) is 4.18. The summed E-state index contributed by atoms with van der Waals surface area (Å²) < 4.78 is 14.2. The first-order valence-corrected chi connectivity index (χ1v) is 7.84. The third-order valence-electron chi connectivity index (χ3n) is 3.89. The molecule has 1 fully saturated rings. The first-order valence-electron chi connectivity index (χ1n) is 7.04. The van der Waals surface area contributed by atoms with Crippen LogP contribution in [0.15, 0.2) is 16.6 Å². The third kappa shape index (κ3) is 3.93. The molecule has 1 atom stereocenters. The van der Waals surface area contributed by atoms with Crippen LogP contribution in [0.1, 0.15) is 31.7 Å². The molecule has 1 aromatic rings. The van der Waals surface area contributed by atoms with Crippen molar-refractivity contribution >= 4 is 21.6 Å². The highest BCUT2D eigenvalue weighted by Gasteiger charge is 2.17. The number of anilines is 1. The molecule has 0 aromatic heterocycles. The highest BCUT2D eigenvalue weighted by Crippen LogP contribution is 2.26. The molecule has 1 aliphatic rings. The van der Waals surface area contributed by atoms with Gasteiger partial charge >= 0.3 is 0 Å². The average molecular weight is 329 g/mol. The van der Waals surface area contributed by atoms with E-state index >= 15 is 0 Å². The molecule has 2 nitrogen and oxygen atoms in total. The van der Waals surface area contributed by atoms with Crippen molar-refractivity contribution in [2.75, 3.05) is 25.0 Å². The third-order valence-corrected chi connectivity index (χ3v) is 4.50. The van der Waals surface area contributed by atoms with Crippen molar-refractivity contribution in [2.45, 2.75) is 39.2 Å². The second kappa shape index (κ2) is 6.71. The summed E-state index contributed by atoms with van der Waals surface area (Å²) in [4.78, 5) is 2.48. The van der Waals surface area contributed by atoms with Gasteiger partial charge in [-0.3, -0.25) is 0 Å². The summed E-state index contributed by atoms with van der Waals surface area (Å²) in [5.41, 5.74) is 2.01. The Labute approximate surface area is 123 Å². The molecule has 2 rings (SSSR count). The summed E-state index contributed by atoms with van der Waals surface area (Å²) in [6.07, 6.45) is 3.50. The Balaban J connectivity index is 2.03. The largest absolute Gasteiger partial charge is 0.382 e. The number of aryl methyl sites for hydroxylation is 1. The summed E-state index contributed by atoms with van der Waals surface area (Å²) in [5, 5.41) is 3.51. The zero-order valence-corrected chi connectivity index (χ0v) is 13.3. The van der Waals surface area contributed by atoms with E-state index < -0.39 is 0 Å². The van der Waals surface area contributed by atoms with Crippen LogP contribution in [0.3, 0.4) is 0 Å². The monoisotopic (exact) mass is 328 g/mol. The second-order valence-corrected chi connectivity index (χ2v) is 6.14. The number of hydrogen-bond donors (Lipinski definition) is 1. The standard InChI is InChI=1S/C15H22BrFN2/c1-3-19-7-4-5-12(6-8-19)18-15-10-14(17)13(16)9-11(15)2/h9-10,12,18H,3-8H2,1-2H3. The average Bonchev–Trinajstić information content (AvgIpc) is 2.61. The van der Waals surface area contributed by atoms with Gasteiger partial charge in [-0.1, -0.05) is 6.92 Å². The van der Waals surface area contributed by atoms with Crippen LogP contribution in [0.5, 0.6) is 0 Å². The lowest BCUT2D eigenvalue weighted by atomic mass is 10.1. The highest BCUT2D eigenvalue weighted by atomic mass is 79.9. The van der Waals surface area contributed by atoms with Crippen LogP contribution in [-0.4, -0.2) is 30.6 Å². The molecule has 1 unspecified atom stereocenters. The van der Waals surface area contributed by atoms with Crippen molar-refractivity contribution in [2.24, 2.45) is 0 Å². The normalized spacial score (nSPS) is 21.2. The molecule has 1 N–H and O–H groups in total. The van der Waals surface area contributed by atoms with E-state index in [-0.39, 0.29) is 5.82 Å². The van der Waals surface area contributed by atoms with Crippen LogP contribution >= 0.6 is 15.9 Å². The summed E-state index contributed by atoms with van der Waals surface area (Å²) in [5.74, 6) is -0.197. The number of nitrogens with one attached hydrogen (secondary N) is 1. The number of halogens is 2. The second-order valence-electron chi connectivity index (χ2n) is 5.29. The number of benzene rings is 1. The van der Waals surface area contributed by atoms with Gasteiger partial charge in [0.05, 0.1) is 4.47 Å². The molecular weight excluding hydrogens is 307 g/mol. The Hall–Kier alpha value is -0.610. The van der Waals surface area contributed by atoms with Crippen molar-refractivity contribution in [3.63, 3.8) is 0 Å². The molecular formula is C15H22BrFN2. The molecule has 0 spiro atoms. The van der Waals surface area contributed by atoms with E-state index in [9.17, 15) is 4.39 Å². The minimum absolute atomic E-state index is 0.197. The van der Waals surface area contributed by atoms with Crippen LogP contribution in [0.25, 0.3) is 0 Å². The van der Waals surface area contributed by atoms with Crippen molar-refractivity contribution in [3.05, 3.63) is 28.0 Å². The van der Waals surface area contributed by atoms with Crippen LogP contribution < -0.4 is 5.32 Å². The van der Waals surface area contributed by atoms with Crippen molar-refractivity contribution in [1.29, 1.82) is 0 Å². The summed E-state index contributed by atoms with van der Waals surface area (Å²) in [6, 6.07) is 3.89. The summed E-state index contributed by atoms with van der Waals surface area (Å²) >= 11 is 3.23. The molecule has 0 saturated carbocycles. The maximum Gasteiger partial charge on any atom is 0.139 e. The van der Waals surface area contributed by atoms with Gasteiger partial charge in [0, 0.05) is 18.3 Å². The number of hydrogen-bond acceptors (Lipinski definition) is 2. The fourth-order valence-electron chi connectivity index (χ4n) is 2.64. The minimum atomic E-state index is -0.197. The molecule has 4 heteroatoms. The van der Waals surface area contributed by atoms with Gasteiger partial charge in [0.1, 0.15) is 5.82 Å². The molecule has 1 heterocycles. The van der Waals surface area contributed by atoms with Gasteiger partial charge in [-0.05, 0) is 72.9 Å². The molecule has 1 aromatic carbocycles. The maximum atomic E-state index is 13.6. The predicted molar refractivity (Wildman–Crippen MR) is 82.2 cm³/mol. The number of rotatable bonds is 3. The quantitative estimate of drug-likeness (QED) is 0.895. The Morgan fingerprint density at radius 3 is 2.89 bits per heavy atom. The van der Waals surface area contributed by atoms with Gasteiger partial charge in [-0.25, -0.2) is 4.39 Å². The van der Waals surface area contributed by atoms with E-state index in [4.69, 9.17) is 0 Å². The van der Waals surface area contributed by atoms with Gasteiger partial charge in [0.2, 0.25) is 0 Å². The zero-order valence-electron chi connectivity index (χ0n) is 11.7. The minimum Gasteiger partial charge on any atom is -0.382 e. The van der Waals surface area contributed by atoms with Gasteiger partial charge in [0.25, 0.3) is 0 Å². The van der Waals surface area contributed by atoms with Crippen LogP contribution in [0.2, 0.25) is 0 Å². The van der Waals surface area contributed by atoms with E-state index in [1.54, 1.807) is 6.07 Å². The lowest BCUT2D eigenvalue weighted by Crippen LogP contribution is -2.26. The van der Waals surface area contributed by atoms with E-state index in [1.165, 1.54) is 13.0 Å². The Kier molecular flexibility index (Phi) is 5.22. The Morgan fingerprint density at radius 1 is 1.37 bits per heavy atom. The van der Waals surface area contributed by atoms with Crippen molar-refractivity contribution in [3.8, 4) is 0 Å². The van der Waals surface area contributed by atoms with E-state index in [0.29, 0.717) is 10.5 Å². The van der Waals surface area contributed by atoms with E-state index in [2.05, 4.69) is 33.1 Å². The molecule has 0 amide bonds. The lowest BCUT2D eigenvalue weighted by Gasteiger charge is -2.20. The molecule has 106 valence electrons. The lowest BCUT2D eigenvalue weighted by molar-refractivity contribution is 0.300. The molecule has 0 radical (unpaired) electrons. The summed E-state index contributed by atoms with van der Waals surface area (Å²) in [7, 11) is 0. The molecule has 1 aliphatic heterocycles. The topological polar surface area (TPSA) is 15.3 Å². The maximum absolute atomic E-state index is 13.6. The van der Waals surface area contributed by atoms with E-state index in [0.717, 1.165) is 37.2 Å². The Bertz CT molecular complexity index is 436. The van der Waals surface area contributed by atoms with Crippen molar-refractivity contribution < 1.29 is 4.39 Å². The van der Waals surface area contributed by atoms with Gasteiger partial charge < -0.3 is 10.2 Å². The van der Waals surface area contributed by atoms with Gasteiger partial charge in [-0.2, -0.15) is 0 Å². The van der Waals surface area contributed by atoms with Crippen LogP contribution in [-0.2, 0) is 0 Å². The molecule has 0 bridgehead atoms. The van der Waals surface area contributed by atoms with Gasteiger partial charge in [-0.15, -0.1) is 0 Å². The smallest absolute Gasteiger partial charge is 0.139 e. The zero-order chi connectivity index (χ0) is 13.8. The SMILES string of the molecule is CCN1CCCC(Nc2cc(F)c(Br)cc2C)CC1. The molecule has 1 saturated heterocycles. The number of nitrogens with zero attached hydrogens (tertiary/aromatic N) is 1. The Morgan fingerprint density at radius 2 is 2.16 bits per heavy atom. The van der Waals surface area contributed by atoms with Crippen molar-refractivity contribution in [1.82, 2.24) is 4.90 Å².